The van der Waals surface area contributed by atoms with Gasteiger partial charge in [-0.05, 0) is 72.9 Å². The lowest BCUT2D eigenvalue weighted by molar-refractivity contribution is 0.625. The van der Waals surface area contributed by atoms with E-state index in [0.29, 0.717) is 0 Å². The van der Waals surface area contributed by atoms with Crippen LogP contribution in [0.1, 0.15) is 16.7 Å². The van der Waals surface area contributed by atoms with Gasteiger partial charge in [0.2, 0.25) is 0 Å². The smallest absolute Gasteiger partial charge is 0.123 e. The topological polar surface area (TPSA) is 26.0 Å². The van der Waals surface area contributed by atoms with Crippen LogP contribution >= 0.6 is 0 Å². The largest absolute Gasteiger partial charge is 0.399 e. The molecule has 0 radical (unpaired) electrons. The third-order valence-electron chi connectivity index (χ3n) is 3.03. The Morgan fingerprint density at radius 3 is 2.06 bits per heavy atom. The summed E-state index contributed by atoms with van der Waals surface area (Å²) >= 11 is 0. The number of rotatable bonds is 1. The predicted octanol–water partition coefficient (Wildman–Crippen LogP) is 4.00. The Labute approximate surface area is 101 Å². The van der Waals surface area contributed by atoms with Crippen molar-refractivity contribution in [2.75, 3.05) is 5.73 Å². The number of anilines is 1. The van der Waals surface area contributed by atoms with Crippen molar-refractivity contribution in [2.45, 2.75) is 20.8 Å². The molecule has 1 nitrogen and oxygen atoms in total. The van der Waals surface area contributed by atoms with Gasteiger partial charge >= 0.3 is 0 Å². The Kier molecular flexibility index (Phi) is 2.88. The summed E-state index contributed by atoms with van der Waals surface area (Å²) < 4.78 is 13.3. The number of nitrogens with two attached hydrogens (primary N) is 1. The van der Waals surface area contributed by atoms with Crippen LogP contribution in [0.3, 0.4) is 0 Å². The van der Waals surface area contributed by atoms with Crippen LogP contribution in [-0.4, -0.2) is 0 Å². The van der Waals surface area contributed by atoms with E-state index >= 15 is 0 Å². The molecule has 2 N–H and O–H groups in total. The molecule has 0 bridgehead atoms. The minimum absolute atomic E-state index is 0.190. The summed E-state index contributed by atoms with van der Waals surface area (Å²) in [6, 6.07) is 8.94. The molecule has 2 aromatic carbocycles. The molecule has 0 heterocycles. The van der Waals surface area contributed by atoms with Crippen LogP contribution in [0.2, 0.25) is 0 Å². The van der Waals surface area contributed by atoms with Crippen molar-refractivity contribution in [2.24, 2.45) is 0 Å². The molecule has 2 rings (SSSR count). The minimum Gasteiger partial charge on any atom is -0.399 e. The number of hydrogen-bond donors (Lipinski definition) is 1. The van der Waals surface area contributed by atoms with E-state index < -0.39 is 0 Å². The van der Waals surface area contributed by atoms with Gasteiger partial charge in [-0.25, -0.2) is 4.39 Å². The van der Waals surface area contributed by atoms with Crippen molar-refractivity contribution in [3.63, 3.8) is 0 Å². The molecule has 0 aliphatic rings. The zero-order valence-electron chi connectivity index (χ0n) is 10.3. The Morgan fingerprint density at radius 1 is 0.882 bits per heavy atom. The summed E-state index contributed by atoms with van der Waals surface area (Å²) in [6.07, 6.45) is 0. The van der Waals surface area contributed by atoms with E-state index in [1.54, 1.807) is 12.1 Å². The molecule has 17 heavy (non-hydrogen) atoms. The second-order valence-corrected chi connectivity index (χ2v) is 4.49. The van der Waals surface area contributed by atoms with E-state index in [1.807, 2.05) is 39.0 Å². The SMILES string of the molecule is Cc1ccc(N)cc1-c1c(C)cc(F)cc1C. The second kappa shape index (κ2) is 4.21. The normalized spacial score (nSPS) is 10.6. The van der Waals surface area contributed by atoms with Crippen molar-refractivity contribution in [1.29, 1.82) is 0 Å². The molecular weight excluding hydrogens is 213 g/mol. The van der Waals surface area contributed by atoms with Crippen LogP contribution in [0.5, 0.6) is 0 Å². The highest BCUT2D eigenvalue weighted by Gasteiger charge is 2.10. The van der Waals surface area contributed by atoms with Gasteiger partial charge in [-0.3, -0.25) is 0 Å². The predicted molar refractivity (Wildman–Crippen MR) is 70.5 cm³/mol. The monoisotopic (exact) mass is 229 g/mol. The molecule has 0 aliphatic carbocycles. The lowest BCUT2D eigenvalue weighted by Gasteiger charge is -2.13. The molecule has 0 aliphatic heterocycles. The first-order chi connectivity index (χ1) is 7.99. The van der Waals surface area contributed by atoms with E-state index in [0.717, 1.165) is 33.5 Å². The molecule has 88 valence electrons. The molecule has 0 amide bonds. The van der Waals surface area contributed by atoms with Gasteiger partial charge in [0.15, 0.2) is 0 Å². The number of benzene rings is 2. The molecule has 0 saturated heterocycles. The van der Waals surface area contributed by atoms with Gasteiger partial charge in [0.1, 0.15) is 5.82 Å². The molecule has 0 unspecified atom stereocenters. The number of nitrogen functional groups attached to an aromatic ring is 1. The first kappa shape index (κ1) is 11.6. The number of halogens is 1. The molecular formula is C15H16FN. The summed E-state index contributed by atoms with van der Waals surface area (Å²) in [4.78, 5) is 0. The van der Waals surface area contributed by atoms with E-state index in [-0.39, 0.29) is 5.82 Å². The van der Waals surface area contributed by atoms with Crippen molar-refractivity contribution in [3.05, 3.63) is 52.8 Å². The lowest BCUT2D eigenvalue weighted by atomic mass is 9.92. The van der Waals surface area contributed by atoms with Gasteiger partial charge in [-0.15, -0.1) is 0 Å². The Hall–Kier alpha value is -1.83. The molecule has 0 aromatic heterocycles. The van der Waals surface area contributed by atoms with Gasteiger partial charge in [-0.1, -0.05) is 6.07 Å². The maximum atomic E-state index is 13.3. The van der Waals surface area contributed by atoms with Crippen molar-refractivity contribution in [1.82, 2.24) is 0 Å². The molecule has 2 aromatic rings. The summed E-state index contributed by atoms with van der Waals surface area (Å²) in [5, 5.41) is 0. The van der Waals surface area contributed by atoms with Gasteiger partial charge in [0, 0.05) is 5.69 Å². The highest BCUT2D eigenvalue weighted by molar-refractivity contribution is 5.76. The quantitative estimate of drug-likeness (QED) is 0.735. The van der Waals surface area contributed by atoms with Crippen molar-refractivity contribution >= 4 is 5.69 Å². The average molecular weight is 229 g/mol. The maximum absolute atomic E-state index is 13.3. The maximum Gasteiger partial charge on any atom is 0.123 e. The molecule has 0 fully saturated rings. The third-order valence-corrected chi connectivity index (χ3v) is 3.03. The summed E-state index contributed by atoms with van der Waals surface area (Å²) in [5.74, 6) is -0.190. The van der Waals surface area contributed by atoms with Crippen LogP contribution < -0.4 is 5.73 Å². The first-order valence-electron chi connectivity index (χ1n) is 5.62. The Bertz CT molecular complexity index is 550. The van der Waals surface area contributed by atoms with Crippen LogP contribution in [0.15, 0.2) is 30.3 Å². The van der Waals surface area contributed by atoms with Gasteiger partial charge in [0.25, 0.3) is 0 Å². The average Bonchev–Trinajstić information content (AvgIpc) is 2.21. The van der Waals surface area contributed by atoms with Crippen LogP contribution in [0.4, 0.5) is 10.1 Å². The Morgan fingerprint density at radius 2 is 1.47 bits per heavy atom. The molecule has 0 spiro atoms. The van der Waals surface area contributed by atoms with Gasteiger partial charge in [-0.2, -0.15) is 0 Å². The molecule has 0 saturated carbocycles. The zero-order chi connectivity index (χ0) is 12.6. The van der Waals surface area contributed by atoms with E-state index in [1.165, 1.54) is 0 Å². The Balaban J connectivity index is 2.72. The van der Waals surface area contributed by atoms with Crippen LogP contribution in [0, 0.1) is 26.6 Å². The fourth-order valence-corrected chi connectivity index (χ4v) is 2.24. The van der Waals surface area contributed by atoms with Crippen LogP contribution in [-0.2, 0) is 0 Å². The number of hydrogen-bond acceptors (Lipinski definition) is 1. The fourth-order valence-electron chi connectivity index (χ4n) is 2.24. The standard InChI is InChI=1S/C15H16FN/c1-9-4-5-13(17)8-14(9)15-10(2)6-12(16)7-11(15)3/h4-8H,17H2,1-3H3. The summed E-state index contributed by atoms with van der Waals surface area (Å²) in [6.45, 7) is 5.89. The van der Waals surface area contributed by atoms with E-state index in [9.17, 15) is 4.39 Å². The fraction of sp³-hybridized carbons (Fsp3) is 0.200. The second-order valence-electron chi connectivity index (χ2n) is 4.49. The highest BCUT2D eigenvalue weighted by atomic mass is 19.1. The summed E-state index contributed by atoms with van der Waals surface area (Å²) in [5.41, 5.74) is 11.7. The van der Waals surface area contributed by atoms with Crippen LogP contribution in [0.25, 0.3) is 11.1 Å². The lowest BCUT2D eigenvalue weighted by Crippen LogP contribution is -1.94. The van der Waals surface area contributed by atoms with Crippen molar-refractivity contribution < 1.29 is 4.39 Å². The van der Waals surface area contributed by atoms with Crippen molar-refractivity contribution in [3.8, 4) is 11.1 Å². The third kappa shape index (κ3) is 2.16. The van der Waals surface area contributed by atoms with E-state index in [2.05, 4.69) is 0 Å². The zero-order valence-corrected chi connectivity index (χ0v) is 10.3. The summed E-state index contributed by atoms with van der Waals surface area (Å²) in [7, 11) is 0. The number of aryl methyl sites for hydroxylation is 3. The van der Waals surface area contributed by atoms with Gasteiger partial charge < -0.3 is 5.73 Å². The van der Waals surface area contributed by atoms with Gasteiger partial charge in [0.05, 0.1) is 0 Å². The molecule has 0 atom stereocenters. The van der Waals surface area contributed by atoms with E-state index in [4.69, 9.17) is 5.73 Å². The minimum atomic E-state index is -0.190. The first-order valence-corrected chi connectivity index (χ1v) is 5.62. The molecule has 2 heteroatoms. The highest BCUT2D eigenvalue weighted by Crippen LogP contribution is 2.31.